The molecule has 4 aliphatic rings. The molecule has 21 heavy (non-hydrogen) atoms. The highest BCUT2D eigenvalue weighted by Gasteiger charge is 2.35. The third kappa shape index (κ3) is 2.37. The number of rotatable bonds is 2. The first-order valence-corrected chi connectivity index (χ1v) is 8.29. The topological polar surface area (TPSA) is 44.3 Å². The van der Waals surface area contributed by atoms with Crippen LogP contribution in [0.5, 0.6) is 0 Å². The molecule has 4 aliphatic heterocycles. The van der Waals surface area contributed by atoms with Crippen molar-refractivity contribution in [3.8, 4) is 0 Å². The Labute approximate surface area is 126 Å². The molecule has 1 unspecified atom stereocenters. The zero-order chi connectivity index (χ0) is 14.4. The first-order chi connectivity index (χ1) is 10.2. The highest BCUT2D eigenvalue weighted by Crippen LogP contribution is 2.30. The number of nitrogens with zero attached hydrogens (tertiary/aromatic N) is 4. The molecule has 5 nitrogen and oxygen atoms in total. The Hall–Kier alpha value is -1.04. The van der Waals surface area contributed by atoms with E-state index in [9.17, 15) is 0 Å². The summed E-state index contributed by atoms with van der Waals surface area (Å²) >= 11 is 0. The zero-order valence-electron chi connectivity index (χ0n) is 13.1. The molecule has 1 atom stereocenters. The summed E-state index contributed by atoms with van der Waals surface area (Å²) in [5.74, 6) is 1.54. The third-order valence-corrected chi connectivity index (χ3v) is 5.11. The lowest BCUT2D eigenvalue weighted by Crippen LogP contribution is -2.57. The van der Waals surface area contributed by atoms with Crippen molar-refractivity contribution < 1.29 is 0 Å². The van der Waals surface area contributed by atoms with Crippen LogP contribution in [0, 0.1) is 0 Å². The van der Waals surface area contributed by atoms with Gasteiger partial charge in [0.1, 0.15) is 5.82 Å². The molecule has 0 spiro atoms. The van der Waals surface area contributed by atoms with E-state index < -0.39 is 0 Å². The van der Waals surface area contributed by atoms with Gasteiger partial charge in [-0.3, -0.25) is 9.80 Å². The van der Waals surface area contributed by atoms with Gasteiger partial charge in [-0.05, 0) is 24.4 Å². The van der Waals surface area contributed by atoms with Crippen molar-refractivity contribution in [2.24, 2.45) is 0 Å². The van der Waals surface area contributed by atoms with Crippen LogP contribution in [0.4, 0.5) is 0 Å². The molecular formula is C16H25N5. The van der Waals surface area contributed by atoms with Crippen molar-refractivity contribution in [1.29, 1.82) is 0 Å². The van der Waals surface area contributed by atoms with Gasteiger partial charge in [-0.1, -0.05) is 13.8 Å². The Morgan fingerprint density at radius 3 is 2.62 bits per heavy atom. The van der Waals surface area contributed by atoms with E-state index in [4.69, 9.17) is 9.97 Å². The number of hydrogen-bond acceptors (Lipinski definition) is 5. The van der Waals surface area contributed by atoms with E-state index in [-0.39, 0.29) is 0 Å². The summed E-state index contributed by atoms with van der Waals surface area (Å²) in [5.41, 5.74) is 3.94. The van der Waals surface area contributed by atoms with Gasteiger partial charge in [0, 0.05) is 39.3 Å². The van der Waals surface area contributed by atoms with E-state index in [1.54, 1.807) is 0 Å². The third-order valence-electron chi connectivity index (χ3n) is 5.11. The maximum atomic E-state index is 5.02. The average molecular weight is 287 g/mol. The van der Waals surface area contributed by atoms with Gasteiger partial charge >= 0.3 is 0 Å². The van der Waals surface area contributed by atoms with Crippen molar-refractivity contribution in [3.05, 3.63) is 22.8 Å². The predicted octanol–water partition coefficient (Wildman–Crippen LogP) is 0.918. The summed E-state index contributed by atoms with van der Waals surface area (Å²) in [4.78, 5) is 15.1. The minimum atomic E-state index is 0.400. The monoisotopic (exact) mass is 287 g/mol. The molecule has 1 aromatic heterocycles. The maximum Gasteiger partial charge on any atom is 0.147 e. The van der Waals surface area contributed by atoms with E-state index in [0.29, 0.717) is 12.0 Å². The van der Waals surface area contributed by atoms with E-state index in [2.05, 4.69) is 29.0 Å². The Balaban J connectivity index is 1.73. The second-order valence-electron chi connectivity index (χ2n) is 6.83. The van der Waals surface area contributed by atoms with Crippen molar-refractivity contribution in [2.75, 3.05) is 39.3 Å². The molecule has 5 rings (SSSR count). The van der Waals surface area contributed by atoms with Crippen LogP contribution in [0.1, 0.15) is 48.6 Å². The number of fused-ring (bicyclic) bond motifs is 4. The quantitative estimate of drug-likeness (QED) is 0.876. The minimum Gasteiger partial charge on any atom is -0.311 e. The van der Waals surface area contributed by atoms with E-state index in [1.807, 2.05) is 0 Å². The molecule has 114 valence electrons. The highest BCUT2D eigenvalue weighted by molar-refractivity contribution is 5.31. The van der Waals surface area contributed by atoms with Gasteiger partial charge in [-0.2, -0.15) is 0 Å². The summed E-state index contributed by atoms with van der Waals surface area (Å²) in [6, 6.07) is 0.400. The predicted molar refractivity (Wildman–Crippen MR) is 82.3 cm³/mol. The Bertz CT molecular complexity index is 534. The number of aromatic nitrogens is 2. The second kappa shape index (κ2) is 5.30. The fourth-order valence-corrected chi connectivity index (χ4v) is 3.90. The molecule has 2 bridgehead atoms. The first-order valence-electron chi connectivity index (χ1n) is 8.29. The molecule has 3 fully saturated rings. The van der Waals surface area contributed by atoms with Crippen LogP contribution >= 0.6 is 0 Å². The molecule has 0 saturated carbocycles. The lowest BCUT2D eigenvalue weighted by molar-refractivity contribution is 0.00840. The zero-order valence-corrected chi connectivity index (χ0v) is 13.1. The maximum absolute atomic E-state index is 5.02. The molecule has 1 aromatic rings. The standard InChI is InChI=1S/C16H25N5/c1-11(2)15-12-3-4-17-9-13(12)18-16(19-15)14-10-20-5-7-21(14)8-6-20/h11,14,17H,3-10H2,1-2H3. The fourth-order valence-electron chi connectivity index (χ4n) is 3.90. The van der Waals surface area contributed by atoms with Crippen LogP contribution in [0.2, 0.25) is 0 Å². The van der Waals surface area contributed by atoms with Crippen LogP contribution in [0.25, 0.3) is 0 Å². The molecular weight excluding hydrogens is 262 g/mol. The Morgan fingerprint density at radius 2 is 1.95 bits per heavy atom. The van der Waals surface area contributed by atoms with Gasteiger partial charge in [0.15, 0.2) is 0 Å². The molecule has 0 amide bonds. The van der Waals surface area contributed by atoms with Crippen LogP contribution in [0.15, 0.2) is 0 Å². The largest absolute Gasteiger partial charge is 0.311 e. The first kappa shape index (κ1) is 13.6. The van der Waals surface area contributed by atoms with Crippen molar-refractivity contribution in [3.63, 3.8) is 0 Å². The number of hydrogen-bond donors (Lipinski definition) is 1. The summed E-state index contributed by atoms with van der Waals surface area (Å²) in [5, 5.41) is 3.46. The Kier molecular flexibility index (Phi) is 3.44. The van der Waals surface area contributed by atoms with Gasteiger partial charge in [-0.15, -0.1) is 0 Å². The summed E-state index contributed by atoms with van der Waals surface area (Å²) in [7, 11) is 0. The summed E-state index contributed by atoms with van der Waals surface area (Å²) in [6.07, 6.45) is 1.07. The summed E-state index contributed by atoms with van der Waals surface area (Å²) in [6.45, 7) is 12.3. The second-order valence-corrected chi connectivity index (χ2v) is 6.83. The Morgan fingerprint density at radius 1 is 1.14 bits per heavy atom. The van der Waals surface area contributed by atoms with Gasteiger partial charge in [0.2, 0.25) is 0 Å². The normalized spacial score (nSPS) is 31.5. The lowest BCUT2D eigenvalue weighted by Gasteiger charge is -2.46. The fraction of sp³-hybridized carbons (Fsp3) is 0.750. The SMILES string of the molecule is CC(C)c1nc(C2CN3CCN2CC3)nc2c1CCNC2. The van der Waals surface area contributed by atoms with Gasteiger partial charge < -0.3 is 5.32 Å². The van der Waals surface area contributed by atoms with E-state index in [1.165, 1.54) is 43.1 Å². The smallest absolute Gasteiger partial charge is 0.147 e. The summed E-state index contributed by atoms with van der Waals surface area (Å²) < 4.78 is 0. The van der Waals surface area contributed by atoms with Crippen molar-refractivity contribution in [1.82, 2.24) is 25.1 Å². The van der Waals surface area contributed by atoms with Crippen LogP contribution < -0.4 is 5.32 Å². The molecule has 3 saturated heterocycles. The van der Waals surface area contributed by atoms with Gasteiger partial charge in [-0.25, -0.2) is 9.97 Å². The highest BCUT2D eigenvalue weighted by atomic mass is 15.4. The van der Waals surface area contributed by atoms with Crippen molar-refractivity contribution >= 4 is 0 Å². The van der Waals surface area contributed by atoms with Gasteiger partial charge in [0.25, 0.3) is 0 Å². The number of piperazine rings is 3. The molecule has 0 aromatic carbocycles. The molecule has 5 heteroatoms. The molecule has 0 aliphatic carbocycles. The van der Waals surface area contributed by atoms with Crippen LogP contribution in [0.3, 0.4) is 0 Å². The lowest BCUT2D eigenvalue weighted by atomic mass is 9.96. The van der Waals surface area contributed by atoms with Crippen LogP contribution in [-0.2, 0) is 13.0 Å². The average Bonchev–Trinajstić information content (AvgIpc) is 2.54. The molecule has 1 N–H and O–H groups in total. The van der Waals surface area contributed by atoms with Crippen molar-refractivity contribution in [2.45, 2.75) is 38.8 Å². The molecule has 5 heterocycles. The van der Waals surface area contributed by atoms with E-state index >= 15 is 0 Å². The number of nitrogens with one attached hydrogen (secondary N) is 1. The minimum absolute atomic E-state index is 0.400. The van der Waals surface area contributed by atoms with Crippen LogP contribution in [-0.4, -0.2) is 59.0 Å². The molecule has 0 radical (unpaired) electrons. The van der Waals surface area contributed by atoms with Gasteiger partial charge in [0.05, 0.1) is 17.4 Å². The van der Waals surface area contributed by atoms with E-state index in [0.717, 1.165) is 31.9 Å².